The van der Waals surface area contributed by atoms with E-state index in [-0.39, 0.29) is 30.0 Å². The van der Waals surface area contributed by atoms with Crippen molar-refractivity contribution >= 4 is 29.6 Å². The van der Waals surface area contributed by atoms with Gasteiger partial charge < -0.3 is 24.7 Å². The molecule has 1 aliphatic rings. The van der Waals surface area contributed by atoms with Crippen molar-refractivity contribution in [2.24, 2.45) is 0 Å². The van der Waals surface area contributed by atoms with Crippen LogP contribution in [0, 0.1) is 5.82 Å². The molecule has 2 aromatic rings. The summed E-state index contributed by atoms with van der Waals surface area (Å²) in [6.45, 7) is 0.249. The Hall–Kier alpha value is -3.14. The van der Waals surface area contributed by atoms with E-state index < -0.39 is 35.9 Å². The van der Waals surface area contributed by atoms with Crippen molar-refractivity contribution in [2.45, 2.75) is 31.3 Å². The summed E-state index contributed by atoms with van der Waals surface area (Å²) in [4.78, 5) is 45.4. The molecule has 1 aliphatic heterocycles. The number of benzene rings is 1. The monoisotopic (exact) mass is 452 g/mol. The van der Waals surface area contributed by atoms with E-state index in [2.05, 4.69) is 20.0 Å². The molecule has 2 N–H and O–H groups in total. The van der Waals surface area contributed by atoms with Gasteiger partial charge in [0.15, 0.2) is 0 Å². The van der Waals surface area contributed by atoms with Crippen molar-refractivity contribution in [1.82, 2.24) is 20.2 Å². The number of fused-ring (bicyclic) bond motifs is 1. The number of hydrogen-bond acceptors (Lipinski definition) is 6. The third kappa shape index (κ3) is 4.96. The smallest absolute Gasteiger partial charge is 0.328 e. The van der Waals surface area contributed by atoms with E-state index in [1.54, 1.807) is 0 Å². The van der Waals surface area contributed by atoms with Crippen LogP contribution >= 0.6 is 11.6 Å². The van der Waals surface area contributed by atoms with Crippen LogP contribution in [0.25, 0.3) is 0 Å². The molecule has 0 fully saturated rings. The highest BCUT2D eigenvalue weighted by atomic mass is 35.5. The van der Waals surface area contributed by atoms with Crippen molar-refractivity contribution < 1.29 is 28.2 Å². The molecule has 2 amide bonds. The highest BCUT2D eigenvalue weighted by molar-refractivity contribution is 6.30. The van der Waals surface area contributed by atoms with Crippen LogP contribution in [0.15, 0.2) is 24.5 Å². The van der Waals surface area contributed by atoms with Crippen molar-refractivity contribution in [2.75, 3.05) is 20.8 Å². The number of aromatic nitrogens is 2. The number of nitrogens with one attached hydrogen (secondary N) is 2. The molecule has 2 atom stereocenters. The second-order valence-corrected chi connectivity index (χ2v) is 7.35. The van der Waals surface area contributed by atoms with Crippen molar-refractivity contribution in [3.05, 3.63) is 52.3 Å². The molecular formula is C20H22ClFN4O5. The SMILES string of the molecule is COC(=O)CC[C@H](NC(=O)N1CCc2[nH]cnc2[C@@H]1c1ccc(Cl)cc1F)C(=O)OC. The van der Waals surface area contributed by atoms with Gasteiger partial charge in [0.05, 0.1) is 26.2 Å². The van der Waals surface area contributed by atoms with Crippen LogP contribution in [0.2, 0.25) is 5.02 Å². The largest absolute Gasteiger partial charge is 0.469 e. The number of halogens is 2. The van der Waals surface area contributed by atoms with Crippen LogP contribution in [-0.4, -0.2) is 59.6 Å². The van der Waals surface area contributed by atoms with Gasteiger partial charge in [-0.3, -0.25) is 4.79 Å². The Balaban J connectivity index is 1.88. The molecular weight excluding hydrogens is 431 g/mol. The standard InChI is InChI=1S/C20H22ClFN4O5/c1-30-16(27)6-5-15(19(28)31-2)25-20(29)26-8-7-14-17(24-10-23-14)18(26)12-4-3-11(21)9-13(12)22/h3-4,9-10,15,18H,5-8H2,1-2H3,(H,23,24)(H,25,29)/t15-,18-/m0/s1. The Morgan fingerprint density at radius 3 is 2.81 bits per heavy atom. The molecule has 0 spiro atoms. The number of nitrogens with zero attached hydrogens (tertiary/aromatic N) is 2. The Morgan fingerprint density at radius 2 is 2.13 bits per heavy atom. The van der Waals surface area contributed by atoms with Gasteiger partial charge in [-0.15, -0.1) is 0 Å². The molecule has 166 valence electrons. The van der Waals surface area contributed by atoms with Crippen LogP contribution in [0.5, 0.6) is 0 Å². The Morgan fingerprint density at radius 1 is 1.35 bits per heavy atom. The van der Waals surface area contributed by atoms with Gasteiger partial charge in [-0.1, -0.05) is 17.7 Å². The predicted molar refractivity (Wildman–Crippen MR) is 108 cm³/mol. The first-order valence-electron chi connectivity index (χ1n) is 9.54. The third-order valence-electron chi connectivity index (χ3n) is 5.09. The second kappa shape index (κ2) is 9.78. The fraction of sp³-hybridized carbons (Fsp3) is 0.400. The number of aromatic amines is 1. The lowest BCUT2D eigenvalue weighted by atomic mass is 9.95. The van der Waals surface area contributed by atoms with E-state index >= 15 is 0 Å². The maximum Gasteiger partial charge on any atom is 0.328 e. The van der Waals surface area contributed by atoms with Gasteiger partial charge in [0, 0.05) is 35.7 Å². The summed E-state index contributed by atoms with van der Waals surface area (Å²) >= 11 is 5.88. The zero-order chi connectivity index (χ0) is 22.5. The van der Waals surface area contributed by atoms with Crippen LogP contribution in [0.1, 0.15) is 35.8 Å². The van der Waals surface area contributed by atoms with Gasteiger partial charge in [-0.25, -0.2) is 19.0 Å². The maximum atomic E-state index is 14.8. The molecule has 9 nitrogen and oxygen atoms in total. The number of hydrogen-bond donors (Lipinski definition) is 2. The van der Waals surface area contributed by atoms with Gasteiger partial charge in [0.1, 0.15) is 17.9 Å². The molecule has 11 heteroatoms. The lowest BCUT2D eigenvalue weighted by Gasteiger charge is -2.36. The third-order valence-corrected chi connectivity index (χ3v) is 5.33. The molecule has 1 aromatic carbocycles. The fourth-order valence-electron chi connectivity index (χ4n) is 3.52. The van der Waals surface area contributed by atoms with Gasteiger partial charge in [-0.05, 0) is 18.6 Å². The average molecular weight is 453 g/mol. The number of methoxy groups -OCH3 is 2. The normalized spacial score (nSPS) is 16.3. The first-order chi connectivity index (χ1) is 14.8. The molecule has 1 aromatic heterocycles. The summed E-state index contributed by atoms with van der Waals surface area (Å²) in [5.74, 6) is -1.81. The molecule has 0 saturated carbocycles. The molecule has 31 heavy (non-hydrogen) atoms. The number of rotatable bonds is 6. The van der Waals surface area contributed by atoms with Crippen LogP contribution in [0.4, 0.5) is 9.18 Å². The summed E-state index contributed by atoms with van der Waals surface area (Å²) in [5, 5.41) is 2.81. The molecule has 0 bridgehead atoms. The number of carbonyl (C=O) groups is 3. The molecule has 0 aliphatic carbocycles. The average Bonchev–Trinajstić information content (AvgIpc) is 3.24. The van der Waals surface area contributed by atoms with Crippen molar-refractivity contribution in [3.8, 4) is 0 Å². The summed E-state index contributed by atoms with van der Waals surface area (Å²) in [7, 11) is 2.41. The number of imidazole rings is 1. The molecule has 0 radical (unpaired) electrons. The van der Waals surface area contributed by atoms with E-state index in [4.69, 9.17) is 16.3 Å². The Labute approximate surface area is 182 Å². The Kier molecular flexibility index (Phi) is 7.11. The van der Waals surface area contributed by atoms with Gasteiger partial charge >= 0.3 is 18.0 Å². The van der Waals surface area contributed by atoms with Crippen LogP contribution in [-0.2, 0) is 25.5 Å². The van der Waals surface area contributed by atoms with Crippen LogP contribution in [0.3, 0.4) is 0 Å². The second-order valence-electron chi connectivity index (χ2n) is 6.92. The number of esters is 2. The maximum absolute atomic E-state index is 14.8. The minimum Gasteiger partial charge on any atom is -0.469 e. The zero-order valence-corrected chi connectivity index (χ0v) is 17.7. The number of H-pyrrole nitrogens is 1. The van der Waals surface area contributed by atoms with Crippen molar-refractivity contribution in [1.29, 1.82) is 0 Å². The minimum atomic E-state index is -1.08. The van der Waals surface area contributed by atoms with E-state index in [9.17, 15) is 18.8 Å². The Bertz CT molecular complexity index is 982. The fourth-order valence-corrected chi connectivity index (χ4v) is 3.68. The highest BCUT2D eigenvalue weighted by Gasteiger charge is 2.37. The minimum absolute atomic E-state index is 0.00739. The van der Waals surface area contributed by atoms with Crippen LogP contribution < -0.4 is 5.32 Å². The summed E-state index contributed by atoms with van der Waals surface area (Å²) < 4.78 is 24.1. The topological polar surface area (TPSA) is 114 Å². The summed E-state index contributed by atoms with van der Waals surface area (Å²) in [6, 6.07) is 1.68. The summed E-state index contributed by atoms with van der Waals surface area (Å²) in [6.07, 6.45) is 1.86. The van der Waals surface area contributed by atoms with E-state index in [1.165, 1.54) is 43.6 Å². The molecule has 0 unspecified atom stereocenters. The van der Waals surface area contributed by atoms with Gasteiger partial charge in [-0.2, -0.15) is 0 Å². The van der Waals surface area contributed by atoms with Gasteiger partial charge in [0.25, 0.3) is 0 Å². The molecule has 2 heterocycles. The van der Waals surface area contributed by atoms with Gasteiger partial charge in [0.2, 0.25) is 0 Å². The highest BCUT2D eigenvalue weighted by Crippen LogP contribution is 2.35. The van der Waals surface area contributed by atoms with E-state index in [0.29, 0.717) is 12.1 Å². The molecule has 3 rings (SSSR count). The van der Waals surface area contributed by atoms with E-state index in [1.807, 2.05) is 0 Å². The lowest BCUT2D eigenvalue weighted by Crippen LogP contribution is -2.51. The number of urea groups is 1. The summed E-state index contributed by atoms with van der Waals surface area (Å²) in [5.41, 5.74) is 1.52. The zero-order valence-electron chi connectivity index (χ0n) is 17.0. The first-order valence-corrected chi connectivity index (χ1v) is 9.92. The number of carbonyl (C=O) groups excluding carboxylic acids is 3. The quantitative estimate of drug-likeness (QED) is 0.650. The number of amides is 2. The van der Waals surface area contributed by atoms with E-state index in [0.717, 1.165) is 5.69 Å². The predicted octanol–water partition coefficient (Wildman–Crippen LogP) is 2.35. The first kappa shape index (κ1) is 22.5. The lowest BCUT2D eigenvalue weighted by molar-refractivity contribution is -0.144. The number of ether oxygens (including phenoxy) is 2. The van der Waals surface area contributed by atoms with Crippen molar-refractivity contribution in [3.63, 3.8) is 0 Å². The molecule has 0 saturated heterocycles.